The molecular formula is C10H15NO. The number of nitrogens with one attached hydrogen (secondary N) is 1. The molecule has 1 heterocycles. The van der Waals surface area contributed by atoms with Gasteiger partial charge < -0.3 is 5.32 Å². The van der Waals surface area contributed by atoms with Crippen LogP contribution in [0.2, 0.25) is 0 Å². The minimum Gasteiger partial charge on any atom is -0.329 e. The lowest BCUT2D eigenvalue weighted by molar-refractivity contribution is -0.122. The van der Waals surface area contributed by atoms with E-state index in [1.54, 1.807) is 0 Å². The van der Waals surface area contributed by atoms with E-state index in [0.717, 1.165) is 18.5 Å². The van der Waals surface area contributed by atoms with Gasteiger partial charge in [-0.1, -0.05) is 26.0 Å². The largest absolute Gasteiger partial charge is 0.329 e. The molecule has 12 heavy (non-hydrogen) atoms. The van der Waals surface area contributed by atoms with Gasteiger partial charge in [0, 0.05) is 5.70 Å². The number of amides is 1. The van der Waals surface area contributed by atoms with Gasteiger partial charge in [0.1, 0.15) is 0 Å². The molecule has 1 atom stereocenters. The van der Waals surface area contributed by atoms with Crippen LogP contribution in [-0.2, 0) is 4.79 Å². The Hall–Kier alpha value is -1.05. The van der Waals surface area contributed by atoms with E-state index in [1.165, 1.54) is 0 Å². The SMILES string of the molecule is CCC1=CC=CC(CC)C(=O)N1. The molecule has 1 aliphatic rings. The van der Waals surface area contributed by atoms with Crippen LogP contribution in [0.4, 0.5) is 0 Å². The first-order valence-electron chi connectivity index (χ1n) is 4.46. The van der Waals surface area contributed by atoms with Gasteiger partial charge >= 0.3 is 0 Å². The second-order valence-corrected chi connectivity index (χ2v) is 2.93. The molecule has 1 N–H and O–H groups in total. The summed E-state index contributed by atoms with van der Waals surface area (Å²) in [6.07, 6.45) is 7.64. The van der Waals surface area contributed by atoms with Crippen molar-refractivity contribution < 1.29 is 4.79 Å². The third kappa shape index (κ3) is 1.97. The van der Waals surface area contributed by atoms with Gasteiger partial charge in [0.15, 0.2) is 0 Å². The van der Waals surface area contributed by atoms with E-state index in [1.807, 2.05) is 32.1 Å². The normalized spacial score (nSPS) is 23.0. The quantitative estimate of drug-likeness (QED) is 0.666. The maximum atomic E-state index is 11.4. The number of carbonyl (C=O) groups excluding carboxylic acids is 1. The summed E-state index contributed by atoms with van der Waals surface area (Å²) in [7, 11) is 0. The maximum Gasteiger partial charge on any atom is 0.231 e. The Bertz CT molecular complexity index is 228. The van der Waals surface area contributed by atoms with Crippen LogP contribution in [0, 0.1) is 5.92 Å². The van der Waals surface area contributed by atoms with Gasteiger partial charge in [-0.05, 0) is 18.9 Å². The van der Waals surface area contributed by atoms with E-state index in [0.29, 0.717) is 0 Å². The highest BCUT2D eigenvalue weighted by Gasteiger charge is 2.14. The third-order valence-corrected chi connectivity index (χ3v) is 2.08. The maximum absolute atomic E-state index is 11.4. The van der Waals surface area contributed by atoms with Crippen molar-refractivity contribution in [2.45, 2.75) is 26.7 Å². The lowest BCUT2D eigenvalue weighted by Gasteiger charge is -2.09. The highest BCUT2D eigenvalue weighted by Crippen LogP contribution is 2.10. The van der Waals surface area contributed by atoms with Crippen molar-refractivity contribution in [3.05, 3.63) is 23.9 Å². The molecule has 1 aliphatic heterocycles. The highest BCUT2D eigenvalue weighted by atomic mass is 16.1. The summed E-state index contributed by atoms with van der Waals surface area (Å²) < 4.78 is 0. The van der Waals surface area contributed by atoms with Crippen molar-refractivity contribution in [2.75, 3.05) is 0 Å². The minimum absolute atomic E-state index is 0.0466. The zero-order valence-corrected chi connectivity index (χ0v) is 7.63. The third-order valence-electron chi connectivity index (χ3n) is 2.08. The molecule has 0 radical (unpaired) electrons. The summed E-state index contributed by atoms with van der Waals surface area (Å²) in [4.78, 5) is 11.4. The monoisotopic (exact) mass is 165 g/mol. The Morgan fingerprint density at radius 3 is 2.83 bits per heavy atom. The summed E-state index contributed by atoms with van der Waals surface area (Å²) in [6, 6.07) is 0. The first-order chi connectivity index (χ1) is 5.77. The van der Waals surface area contributed by atoms with Crippen LogP contribution in [-0.4, -0.2) is 5.91 Å². The van der Waals surface area contributed by atoms with Crippen LogP contribution in [0.1, 0.15) is 26.7 Å². The number of allylic oxidation sites excluding steroid dienone is 3. The van der Waals surface area contributed by atoms with E-state index < -0.39 is 0 Å². The summed E-state index contributed by atoms with van der Waals surface area (Å²) in [5, 5.41) is 2.89. The van der Waals surface area contributed by atoms with Gasteiger partial charge in [0.2, 0.25) is 5.91 Å². The fourth-order valence-electron chi connectivity index (χ4n) is 1.21. The molecule has 1 amide bonds. The topological polar surface area (TPSA) is 29.1 Å². The van der Waals surface area contributed by atoms with E-state index >= 15 is 0 Å². The standard InChI is InChI=1S/C10H15NO/c1-3-8-6-5-7-9(4-2)11-10(8)12/h5-8H,3-4H2,1-2H3,(H,11,12). The first kappa shape index (κ1) is 9.04. The Morgan fingerprint density at radius 1 is 1.50 bits per heavy atom. The van der Waals surface area contributed by atoms with Crippen molar-refractivity contribution in [2.24, 2.45) is 5.92 Å². The van der Waals surface area contributed by atoms with Crippen LogP contribution in [0.25, 0.3) is 0 Å². The molecule has 2 heteroatoms. The molecule has 1 rings (SSSR count). The number of carbonyl (C=O) groups is 1. The molecule has 0 saturated heterocycles. The predicted octanol–water partition coefficient (Wildman–Crippen LogP) is 1.99. The van der Waals surface area contributed by atoms with Gasteiger partial charge in [0.05, 0.1) is 5.92 Å². The molecule has 0 aromatic heterocycles. The molecule has 0 bridgehead atoms. The van der Waals surface area contributed by atoms with E-state index in [9.17, 15) is 4.79 Å². The average molecular weight is 165 g/mol. The van der Waals surface area contributed by atoms with Crippen molar-refractivity contribution >= 4 is 5.91 Å². The van der Waals surface area contributed by atoms with Gasteiger partial charge in [-0.2, -0.15) is 0 Å². The summed E-state index contributed by atoms with van der Waals surface area (Å²) >= 11 is 0. The number of hydrogen-bond acceptors (Lipinski definition) is 1. The summed E-state index contributed by atoms with van der Waals surface area (Å²) in [5.41, 5.74) is 1.01. The summed E-state index contributed by atoms with van der Waals surface area (Å²) in [6.45, 7) is 4.05. The Kier molecular flexibility index (Phi) is 3.09. The molecule has 0 spiro atoms. The molecule has 0 aromatic carbocycles. The molecule has 1 unspecified atom stereocenters. The molecule has 0 fully saturated rings. The lowest BCUT2D eigenvalue weighted by atomic mass is 10.1. The Balaban J connectivity index is 2.70. The molecule has 0 saturated carbocycles. The van der Waals surface area contributed by atoms with Gasteiger partial charge in [-0.15, -0.1) is 0 Å². The van der Waals surface area contributed by atoms with Crippen LogP contribution < -0.4 is 5.32 Å². The van der Waals surface area contributed by atoms with Crippen LogP contribution >= 0.6 is 0 Å². The van der Waals surface area contributed by atoms with Gasteiger partial charge in [0.25, 0.3) is 0 Å². The molecule has 2 nitrogen and oxygen atoms in total. The Labute approximate surface area is 73.4 Å². The van der Waals surface area contributed by atoms with Crippen LogP contribution in [0.3, 0.4) is 0 Å². The Morgan fingerprint density at radius 2 is 2.25 bits per heavy atom. The lowest BCUT2D eigenvalue weighted by Crippen LogP contribution is -2.27. The van der Waals surface area contributed by atoms with Crippen molar-refractivity contribution in [3.63, 3.8) is 0 Å². The van der Waals surface area contributed by atoms with Crippen molar-refractivity contribution in [1.29, 1.82) is 0 Å². The van der Waals surface area contributed by atoms with Crippen molar-refractivity contribution in [1.82, 2.24) is 5.32 Å². The number of hydrogen-bond donors (Lipinski definition) is 1. The second kappa shape index (κ2) is 4.10. The van der Waals surface area contributed by atoms with Gasteiger partial charge in [-0.3, -0.25) is 4.79 Å². The van der Waals surface area contributed by atoms with E-state index in [2.05, 4.69) is 5.32 Å². The smallest absolute Gasteiger partial charge is 0.231 e. The summed E-state index contributed by atoms with van der Waals surface area (Å²) in [5.74, 6) is 0.171. The minimum atomic E-state index is 0.0466. The van der Waals surface area contributed by atoms with Crippen LogP contribution in [0.15, 0.2) is 23.9 Å². The van der Waals surface area contributed by atoms with E-state index in [4.69, 9.17) is 0 Å². The molecule has 0 aromatic rings. The highest BCUT2D eigenvalue weighted by molar-refractivity contribution is 5.82. The fraction of sp³-hybridized carbons (Fsp3) is 0.500. The van der Waals surface area contributed by atoms with Crippen LogP contribution in [0.5, 0.6) is 0 Å². The zero-order valence-electron chi connectivity index (χ0n) is 7.63. The average Bonchev–Trinajstić information content (AvgIpc) is 2.26. The molecule has 0 aliphatic carbocycles. The van der Waals surface area contributed by atoms with E-state index in [-0.39, 0.29) is 11.8 Å². The fourth-order valence-corrected chi connectivity index (χ4v) is 1.21. The first-order valence-corrected chi connectivity index (χ1v) is 4.46. The zero-order chi connectivity index (χ0) is 8.97. The molecule has 66 valence electrons. The number of rotatable bonds is 2. The van der Waals surface area contributed by atoms with Crippen molar-refractivity contribution in [3.8, 4) is 0 Å². The second-order valence-electron chi connectivity index (χ2n) is 2.93. The molecular weight excluding hydrogens is 150 g/mol. The van der Waals surface area contributed by atoms with Gasteiger partial charge in [-0.25, -0.2) is 0 Å². The predicted molar refractivity (Wildman–Crippen MR) is 49.4 cm³/mol.